The van der Waals surface area contributed by atoms with Gasteiger partial charge < -0.3 is 10.2 Å². The molecule has 102 valence electrons. The van der Waals surface area contributed by atoms with E-state index in [4.69, 9.17) is 21.8 Å². The molecule has 0 aliphatic rings. The van der Waals surface area contributed by atoms with Crippen molar-refractivity contribution in [2.75, 3.05) is 13.2 Å². The second-order valence-corrected chi connectivity index (χ2v) is 7.14. The summed E-state index contributed by atoms with van der Waals surface area (Å²) in [5.41, 5.74) is 0. The zero-order valence-electron chi connectivity index (χ0n) is 9.41. The van der Waals surface area contributed by atoms with Crippen molar-refractivity contribution in [2.45, 2.75) is 17.2 Å². The number of hydrogen-bond donors (Lipinski definition) is 2. The van der Waals surface area contributed by atoms with Crippen LogP contribution in [0.2, 0.25) is 4.34 Å². The lowest BCUT2D eigenvalue weighted by Crippen LogP contribution is -2.46. The Kier molecular flexibility index (Phi) is 5.11. The van der Waals surface area contributed by atoms with Crippen LogP contribution in [-0.4, -0.2) is 48.1 Å². The van der Waals surface area contributed by atoms with E-state index >= 15 is 0 Å². The average molecular weight is 314 g/mol. The molecule has 0 bridgehead atoms. The van der Waals surface area contributed by atoms with E-state index in [1.165, 1.54) is 19.1 Å². The number of thiophene rings is 1. The largest absolute Gasteiger partial charge is 0.480 e. The van der Waals surface area contributed by atoms with Gasteiger partial charge in [0.1, 0.15) is 10.3 Å². The highest BCUT2D eigenvalue weighted by atomic mass is 35.5. The predicted octanol–water partition coefficient (Wildman–Crippen LogP) is 0.858. The summed E-state index contributed by atoms with van der Waals surface area (Å²) in [6.45, 7) is 0.648. The van der Waals surface area contributed by atoms with Gasteiger partial charge in [-0.25, -0.2) is 8.42 Å². The van der Waals surface area contributed by atoms with Crippen LogP contribution >= 0.6 is 22.9 Å². The second kappa shape index (κ2) is 5.98. The van der Waals surface area contributed by atoms with E-state index in [2.05, 4.69) is 0 Å². The lowest BCUT2D eigenvalue weighted by atomic mass is 10.3. The summed E-state index contributed by atoms with van der Waals surface area (Å²) < 4.78 is 25.3. The molecule has 0 unspecified atom stereocenters. The Labute approximate surface area is 113 Å². The minimum atomic E-state index is -3.96. The maximum atomic E-state index is 12.2. The van der Waals surface area contributed by atoms with E-state index in [1.807, 2.05) is 0 Å². The summed E-state index contributed by atoms with van der Waals surface area (Å²) in [4.78, 5) is 10.9. The third-order valence-corrected chi connectivity index (χ3v) is 5.91. The van der Waals surface area contributed by atoms with Crippen molar-refractivity contribution in [1.82, 2.24) is 4.31 Å². The van der Waals surface area contributed by atoms with Gasteiger partial charge in [-0.2, -0.15) is 4.31 Å². The number of rotatable bonds is 6. The molecular weight excluding hydrogens is 302 g/mol. The molecule has 1 rings (SSSR count). The highest BCUT2D eigenvalue weighted by Crippen LogP contribution is 2.28. The van der Waals surface area contributed by atoms with E-state index < -0.39 is 28.6 Å². The zero-order valence-corrected chi connectivity index (χ0v) is 11.8. The molecule has 0 aliphatic heterocycles. The quantitative estimate of drug-likeness (QED) is 0.812. The highest BCUT2D eigenvalue weighted by Gasteiger charge is 2.35. The van der Waals surface area contributed by atoms with Crippen LogP contribution < -0.4 is 0 Å². The smallest absolute Gasteiger partial charge is 0.324 e. The van der Waals surface area contributed by atoms with Crippen molar-refractivity contribution in [3.8, 4) is 0 Å². The van der Waals surface area contributed by atoms with Crippen LogP contribution in [0.25, 0.3) is 0 Å². The van der Waals surface area contributed by atoms with Crippen LogP contribution in [0.5, 0.6) is 0 Å². The number of likely N-dealkylation sites (N-methyl/N-ethyl adjacent to an activating group) is 1. The monoisotopic (exact) mass is 313 g/mol. The van der Waals surface area contributed by atoms with Crippen molar-refractivity contribution in [3.63, 3.8) is 0 Å². The molecule has 0 aliphatic carbocycles. The summed E-state index contributed by atoms with van der Waals surface area (Å²) in [6.07, 6.45) is 0. The molecule has 18 heavy (non-hydrogen) atoms. The number of aliphatic carboxylic acids is 1. The maximum Gasteiger partial charge on any atom is 0.324 e. The molecule has 1 atom stereocenters. The molecule has 0 spiro atoms. The number of aliphatic hydroxyl groups excluding tert-OH is 1. The van der Waals surface area contributed by atoms with E-state index in [1.54, 1.807) is 0 Å². The molecule has 1 aromatic rings. The minimum Gasteiger partial charge on any atom is -0.480 e. The van der Waals surface area contributed by atoms with Crippen molar-refractivity contribution < 1.29 is 23.4 Å². The Hall–Kier alpha value is -0.670. The van der Waals surface area contributed by atoms with Crippen LogP contribution in [0, 0.1) is 0 Å². The molecule has 0 fully saturated rings. The fourth-order valence-electron chi connectivity index (χ4n) is 1.40. The van der Waals surface area contributed by atoms with Gasteiger partial charge in [-0.05, 0) is 12.1 Å². The van der Waals surface area contributed by atoms with Gasteiger partial charge in [-0.15, -0.1) is 11.3 Å². The Morgan fingerprint density at radius 1 is 1.56 bits per heavy atom. The number of halogens is 1. The van der Waals surface area contributed by atoms with E-state index in [0.29, 0.717) is 4.34 Å². The zero-order chi connectivity index (χ0) is 13.9. The van der Waals surface area contributed by atoms with Crippen molar-refractivity contribution in [1.29, 1.82) is 0 Å². The van der Waals surface area contributed by atoms with Gasteiger partial charge in [0.05, 0.1) is 10.9 Å². The number of nitrogens with zero attached hydrogens (tertiary/aromatic N) is 1. The summed E-state index contributed by atoms with van der Waals surface area (Å²) in [7, 11) is -3.96. The van der Waals surface area contributed by atoms with Gasteiger partial charge in [-0.3, -0.25) is 4.79 Å². The lowest BCUT2D eigenvalue weighted by Gasteiger charge is -2.24. The minimum absolute atomic E-state index is 0.0472. The summed E-state index contributed by atoms with van der Waals surface area (Å²) in [5.74, 6) is -1.40. The number of hydrogen-bond acceptors (Lipinski definition) is 5. The molecule has 1 heterocycles. The molecule has 6 nitrogen and oxygen atoms in total. The fraction of sp³-hybridized carbons (Fsp3) is 0.444. The van der Waals surface area contributed by atoms with Gasteiger partial charge in [0.2, 0.25) is 0 Å². The number of sulfonamides is 1. The number of carboxylic acids is 1. The molecule has 9 heteroatoms. The molecule has 0 saturated carbocycles. The third-order valence-electron chi connectivity index (χ3n) is 2.23. The lowest BCUT2D eigenvalue weighted by molar-refractivity contribution is -0.142. The first-order chi connectivity index (χ1) is 8.34. The summed E-state index contributed by atoms with van der Waals surface area (Å²) in [5, 5.41) is 17.9. The van der Waals surface area contributed by atoms with E-state index in [9.17, 15) is 13.2 Å². The van der Waals surface area contributed by atoms with Gasteiger partial charge in [0.25, 0.3) is 10.0 Å². The fourth-order valence-corrected chi connectivity index (χ4v) is 4.60. The van der Waals surface area contributed by atoms with Crippen LogP contribution in [-0.2, 0) is 14.8 Å². The van der Waals surface area contributed by atoms with Crippen LogP contribution in [0.15, 0.2) is 16.3 Å². The van der Waals surface area contributed by atoms with Crippen LogP contribution in [0.1, 0.15) is 6.92 Å². The maximum absolute atomic E-state index is 12.2. The van der Waals surface area contributed by atoms with Gasteiger partial charge in [0.15, 0.2) is 0 Å². The molecule has 0 aromatic carbocycles. The number of carboxylic acid groups (broad SMARTS) is 1. The van der Waals surface area contributed by atoms with Gasteiger partial charge in [0, 0.05) is 6.54 Å². The average Bonchev–Trinajstić information content (AvgIpc) is 2.72. The SMILES string of the molecule is CCN([C@@H](CO)C(=O)O)S(=O)(=O)c1ccc(Cl)s1. The summed E-state index contributed by atoms with van der Waals surface area (Å²) >= 11 is 6.50. The first-order valence-corrected chi connectivity index (χ1v) is 7.58. The topological polar surface area (TPSA) is 94.9 Å². The van der Waals surface area contributed by atoms with Crippen molar-refractivity contribution in [2.24, 2.45) is 0 Å². The molecule has 0 saturated heterocycles. The molecular formula is C9H12ClNO5S2. The third kappa shape index (κ3) is 3.01. The van der Waals surface area contributed by atoms with Crippen molar-refractivity contribution >= 4 is 38.9 Å². The molecule has 1 aromatic heterocycles. The Morgan fingerprint density at radius 2 is 2.17 bits per heavy atom. The van der Waals surface area contributed by atoms with Crippen LogP contribution in [0.4, 0.5) is 0 Å². The molecule has 0 amide bonds. The Morgan fingerprint density at radius 3 is 2.50 bits per heavy atom. The van der Waals surface area contributed by atoms with E-state index in [0.717, 1.165) is 15.6 Å². The standard InChI is InChI=1S/C9H12ClNO5S2/c1-2-11(6(5-12)9(13)14)18(15,16)8-4-3-7(10)17-8/h3-4,6,12H,2,5H2,1H3,(H,13,14)/t6-/m0/s1. The highest BCUT2D eigenvalue weighted by molar-refractivity contribution is 7.91. The van der Waals surface area contributed by atoms with Crippen molar-refractivity contribution in [3.05, 3.63) is 16.5 Å². The Balaban J connectivity index is 3.19. The first kappa shape index (κ1) is 15.4. The van der Waals surface area contributed by atoms with Gasteiger partial charge in [-0.1, -0.05) is 18.5 Å². The van der Waals surface area contributed by atoms with Crippen LogP contribution in [0.3, 0.4) is 0 Å². The predicted molar refractivity (Wildman–Crippen MR) is 67.4 cm³/mol. The van der Waals surface area contributed by atoms with E-state index in [-0.39, 0.29) is 10.8 Å². The normalized spacial score (nSPS) is 13.8. The molecule has 2 N–H and O–H groups in total. The second-order valence-electron chi connectivity index (χ2n) is 3.30. The molecule has 0 radical (unpaired) electrons. The Bertz CT molecular complexity index is 527. The first-order valence-electron chi connectivity index (χ1n) is 4.95. The summed E-state index contributed by atoms with van der Waals surface area (Å²) in [6, 6.07) is 1.23. The number of aliphatic hydroxyl groups is 1. The number of carbonyl (C=O) groups is 1. The van der Waals surface area contributed by atoms with Gasteiger partial charge >= 0.3 is 5.97 Å².